The number of ketones is 1. The Morgan fingerprint density at radius 3 is 2.22 bits per heavy atom. The van der Waals surface area contributed by atoms with Crippen molar-refractivity contribution >= 4 is 56.1 Å². The molecule has 6 heteroatoms. The largest absolute Gasteiger partial charge is 0.512 e. The van der Waals surface area contributed by atoms with Crippen LogP contribution < -0.4 is 0 Å². The Balaban J connectivity index is 0.000000312. The molecule has 1 fully saturated rings. The summed E-state index contributed by atoms with van der Waals surface area (Å²) in [5.41, 5.74) is 7.47. The van der Waals surface area contributed by atoms with E-state index in [-0.39, 0.29) is 48.9 Å². The summed E-state index contributed by atoms with van der Waals surface area (Å²) in [6.07, 6.45) is 9.66. The number of aliphatic hydroxyl groups excluding tert-OH is 1. The van der Waals surface area contributed by atoms with Crippen molar-refractivity contribution in [3.63, 3.8) is 0 Å². The Morgan fingerprint density at radius 2 is 1.61 bits per heavy atom. The number of hydrogen-bond acceptors (Lipinski definition) is 4. The molecule has 1 N–H and O–H groups in total. The molecule has 2 aromatic heterocycles. The van der Waals surface area contributed by atoms with E-state index in [9.17, 15) is 9.90 Å². The van der Waals surface area contributed by atoms with E-state index in [1.807, 2.05) is 45.2 Å². The monoisotopic (exact) mass is 897 g/mol. The molecule has 6 rings (SSSR count). The fraction of sp³-hybridized carbons (Fsp3) is 0.467. The summed E-state index contributed by atoms with van der Waals surface area (Å²) in [6.45, 7) is 22.5. The molecule has 1 aliphatic rings. The molecule has 1 unspecified atom stereocenters. The molecular weight excluding hydrogens is 839 g/mol. The molecule has 3 heterocycles. The molecule has 0 aliphatic carbocycles. The summed E-state index contributed by atoms with van der Waals surface area (Å²) < 4.78 is 2.73. The van der Waals surface area contributed by atoms with Crippen LogP contribution in [0.15, 0.2) is 66.6 Å². The van der Waals surface area contributed by atoms with E-state index in [4.69, 9.17) is 4.98 Å². The Labute approximate surface area is 325 Å². The Bertz CT molecular complexity index is 2010. The smallest absolute Gasteiger partial charge is 0.162 e. The summed E-state index contributed by atoms with van der Waals surface area (Å²) >= 11 is 1.93. The van der Waals surface area contributed by atoms with Crippen molar-refractivity contribution in [3.05, 3.63) is 89.3 Å². The van der Waals surface area contributed by atoms with E-state index in [1.54, 1.807) is 5.56 Å². The first-order valence-electron chi connectivity index (χ1n) is 19.0. The molecule has 0 spiro atoms. The number of benzene rings is 3. The zero-order valence-electron chi connectivity index (χ0n) is 32.5. The van der Waals surface area contributed by atoms with E-state index < -0.39 is 8.07 Å². The van der Waals surface area contributed by atoms with Crippen LogP contribution in [0.1, 0.15) is 109 Å². The Morgan fingerprint density at radius 1 is 0.961 bits per heavy atom. The number of carbonyl (C=O) groups is 1. The van der Waals surface area contributed by atoms with E-state index >= 15 is 0 Å². The van der Waals surface area contributed by atoms with Crippen LogP contribution in [0, 0.1) is 24.8 Å². The van der Waals surface area contributed by atoms with E-state index in [2.05, 4.69) is 95.4 Å². The molecule has 1 radical (unpaired) electrons. The van der Waals surface area contributed by atoms with Crippen molar-refractivity contribution in [3.8, 4) is 11.3 Å². The number of allylic oxidation sites excluding steroid dienone is 2. The standard InChI is InChI=1S/C32H34NSSi.C13H24O2.Ir/c1-20-23(28-12-9-17-35(28,5)6)13-14-25-26-15-16-33-29(31(26)34-30(20)25)22-18-21-10-7-8-11-24(21)27(19-22)32(2,3)4;1-5-10(6-2)12(14)9-13(15)11(7-3)8-4;/h7-8,10-11,13-16,19,28H,9,12,17H2,1-6H3;9-11,14H,5-8H2,1-4H3;/q-1;;/b;12-9-;. The molecule has 0 bridgehead atoms. The van der Waals surface area contributed by atoms with Gasteiger partial charge in [0.05, 0.1) is 13.8 Å². The first-order chi connectivity index (χ1) is 23.7. The maximum Gasteiger partial charge on any atom is 0.162 e. The number of rotatable bonds is 9. The fourth-order valence-electron chi connectivity index (χ4n) is 8.15. The average Bonchev–Trinajstić information content (AvgIpc) is 3.65. The molecule has 51 heavy (non-hydrogen) atoms. The average molecular weight is 897 g/mol. The van der Waals surface area contributed by atoms with E-state index in [1.165, 1.54) is 67.0 Å². The number of hydrogen-bond donors (Lipinski definition) is 1. The van der Waals surface area contributed by atoms with Gasteiger partial charge in [-0.05, 0) is 72.6 Å². The number of aryl methyl sites for hydroxylation is 1. The van der Waals surface area contributed by atoms with Gasteiger partial charge in [0, 0.05) is 64.7 Å². The van der Waals surface area contributed by atoms with E-state index in [0.29, 0.717) is 0 Å². The Kier molecular flexibility index (Phi) is 13.7. The molecule has 0 saturated carbocycles. The summed E-state index contributed by atoms with van der Waals surface area (Å²) in [7, 11) is -1.19. The number of nitrogens with zero attached hydrogens (tertiary/aromatic N) is 1. The predicted molar refractivity (Wildman–Crippen MR) is 220 cm³/mol. The third-order valence-electron chi connectivity index (χ3n) is 11.4. The molecule has 3 aromatic carbocycles. The summed E-state index contributed by atoms with van der Waals surface area (Å²) in [6, 6.07) is 23.2. The van der Waals surface area contributed by atoms with Gasteiger partial charge in [-0.1, -0.05) is 115 Å². The molecule has 275 valence electrons. The number of aromatic nitrogens is 1. The predicted octanol–water partition coefficient (Wildman–Crippen LogP) is 13.7. The summed E-state index contributed by atoms with van der Waals surface area (Å²) in [4.78, 5) is 16.7. The minimum absolute atomic E-state index is 0. The van der Waals surface area contributed by atoms with Crippen LogP contribution in [-0.2, 0) is 30.3 Å². The van der Waals surface area contributed by atoms with Crippen LogP contribution in [0.4, 0.5) is 0 Å². The van der Waals surface area contributed by atoms with Crippen LogP contribution in [0.25, 0.3) is 42.2 Å². The number of fused-ring (bicyclic) bond motifs is 4. The van der Waals surface area contributed by atoms with Gasteiger partial charge >= 0.3 is 0 Å². The van der Waals surface area contributed by atoms with Gasteiger partial charge in [-0.15, -0.1) is 40.5 Å². The van der Waals surface area contributed by atoms with Gasteiger partial charge in [0.25, 0.3) is 0 Å². The van der Waals surface area contributed by atoms with Gasteiger partial charge in [0.2, 0.25) is 0 Å². The van der Waals surface area contributed by atoms with E-state index in [0.717, 1.165) is 42.5 Å². The second-order valence-electron chi connectivity index (χ2n) is 16.1. The molecule has 1 saturated heterocycles. The van der Waals surface area contributed by atoms with Gasteiger partial charge < -0.3 is 5.11 Å². The van der Waals surface area contributed by atoms with Crippen molar-refractivity contribution in [2.75, 3.05) is 0 Å². The molecule has 3 nitrogen and oxygen atoms in total. The quantitative estimate of drug-likeness (QED) is 0.0694. The van der Waals surface area contributed by atoms with Crippen molar-refractivity contribution in [2.24, 2.45) is 11.8 Å². The van der Waals surface area contributed by atoms with Crippen LogP contribution in [-0.4, -0.2) is 23.9 Å². The van der Waals surface area contributed by atoms with Gasteiger partial charge in [-0.3, -0.25) is 9.78 Å². The number of pyridine rings is 1. The maximum absolute atomic E-state index is 11.7. The first-order valence-corrected chi connectivity index (χ1v) is 23.1. The zero-order chi connectivity index (χ0) is 36.4. The van der Waals surface area contributed by atoms with Crippen molar-refractivity contribution in [1.82, 2.24) is 4.98 Å². The molecular formula is C45H58IrNO2SSi-. The van der Waals surface area contributed by atoms with Crippen LogP contribution in [0.5, 0.6) is 0 Å². The van der Waals surface area contributed by atoms with Gasteiger partial charge in [0.15, 0.2) is 5.78 Å². The maximum atomic E-state index is 11.7. The number of aliphatic hydroxyl groups is 1. The second kappa shape index (κ2) is 17.0. The summed E-state index contributed by atoms with van der Waals surface area (Å²) in [5.74, 6) is 0.547. The minimum Gasteiger partial charge on any atom is -0.512 e. The van der Waals surface area contributed by atoms with Gasteiger partial charge in [-0.2, -0.15) is 0 Å². The topological polar surface area (TPSA) is 50.2 Å². The third-order valence-corrected chi connectivity index (χ3v) is 16.9. The number of carbonyl (C=O) groups excluding carboxylic acids is 1. The van der Waals surface area contributed by atoms with Gasteiger partial charge in [-0.25, -0.2) is 0 Å². The molecule has 1 aliphatic heterocycles. The van der Waals surface area contributed by atoms with Crippen molar-refractivity contribution < 1.29 is 30.0 Å². The van der Waals surface area contributed by atoms with Crippen molar-refractivity contribution in [1.29, 1.82) is 0 Å². The first kappa shape index (κ1) is 41.1. The summed E-state index contributed by atoms with van der Waals surface area (Å²) in [5, 5.41) is 14.9. The molecule has 0 amide bonds. The molecule has 1 atom stereocenters. The normalized spacial score (nSPS) is 16.2. The van der Waals surface area contributed by atoms with Crippen molar-refractivity contribution in [2.45, 2.75) is 124 Å². The Hall–Kier alpha value is -2.63. The fourth-order valence-corrected chi connectivity index (χ4v) is 13.1. The van der Waals surface area contributed by atoms with Crippen LogP contribution >= 0.6 is 11.3 Å². The van der Waals surface area contributed by atoms with Crippen LogP contribution in [0.3, 0.4) is 0 Å². The minimum atomic E-state index is -1.19. The van der Waals surface area contributed by atoms with Crippen LogP contribution in [0.2, 0.25) is 19.1 Å². The van der Waals surface area contributed by atoms with Gasteiger partial charge in [0.1, 0.15) is 0 Å². The zero-order valence-corrected chi connectivity index (χ0v) is 36.7. The second-order valence-corrected chi connectivity index (χ2v) is 22.3. The number of thiophene rings is 1. The third kappa shape index (κ3) is 8.62. The molecule has 5 aromatic rings. The SMILES string of the molecule is CCC(CC)C(=O)/C=C(\O)C(CC)CC.Cc1c(C2CCC[Si]2(C)C)ccc2c1sc1c(-c3[c-]c4ccccc4c(C(C)(C)C)c3)nccc12.[Ir].